The first-order chi connectivity index (χ1) is 10.3. The molecule has 21 heavy (non-hydrogen) atoms. The van der Waals surface area contributed by atoms with Crippen LogP contribution in [0.1, 0.15) is 36.0 Å². The fraction of sp³-hybridized carbons (Fsp3) is 0.500. The van der Waals surface area contributed by atoms with Crippen LogP contribution in [-0.4, -0.2) is 41.1 Å². The lowest BCUT2D eigenvalue weighted by molar-refractivity contribution is -0.0752. The molecule has 1 amide bonds. The Hall–Kier alpha value is -1.46. The molecular weight excluding hydrogens is 284 g/mol. The van der Waals surface area contributed by atoms with Crippen molar-refractivity contribution in [2.75, 3.05) is 13.2 Å². The van der Waals surface area contributed by atoms with Crippen molar-refractivity contribution in [1.29, 1.82) is 0 Å². The van der Waals surface area contributed by atoms with Crippen LogP contribution in [0.4, 0.5) is 0 Å². The second kappa shape index (κ2) is 5.39. The SMILES string of the molecule is O=C(c1ccc2ncsc2c1)N1CCOC2CCCCC21. The Morgan fingerprint density at radius 3 is 3.19 bits per heavy atom. The lowest BCUT2D eigenvalue weighted by Crippen LogP contribution is -2.54. The average molecular weight is 302 g/mol. The third-order valence-corrected chi connectivity index (χ3v) is 5.36. The number of rotatable bonds is 1. The van der Waals surface area contributed by atoms with E-state index in [-0.39, 0.29) is 18.1 Å². The van der Waals surface area contributed by atoms with Crippen LogP contribution in [-0.2, 0) is 4.74 Å². The van der Waals surface area contributed by atoms with Gasteiger partial charge in [-0.2, -0.15) is 0 Å². The number of carbonyl (C=O) groups is 1. The van der Waals surface area contributed by atoms with Gasteiger partial charge in [0.15, 0.2) is 0 Å². The molecule has 1 saturated heterocycles. The molecule has 1 aliphatic carbocycles. The summed E-state index contributed by atoms with van der Waals surface area (Å²) in [5.74, 6) is 0.144. The second-order valence-corrected chi connectivity index (χ2v) is 6.68. The molecule has 0 N–H and O–H groups in total. The molecule has 4 rings (SSSR count). The Morgan fingerprint density at radius 2 is 2.24 bits per heavy atom. The molecule has 1 aliphatic heterocycles. The van der Waals surface area contributed by atoms with E-state index in [1.807, 2.05) is 28.6 Å². The molecule has 1 saturated carbocycles. The molecule has 110 valence electrons. The highest BCUT2D eigenvalue weighted by molar-refractivity contribution is 7.16. The Bertz CT molecular complexity index is 667. The van der Waals surface area contributed by atoms with Crippen LogP contribution in [0.15, 0.2) is 23.7 Å². The standard InChI is InChI=1S/C16H18N2O2S/c19-16(11-5-6-12-15(9-11)21-10-17-12)18-7-8-20-14-4-2-1-3-13(14)18/h5-6,9-10,13-14H,1-4,7-8H2. The van der Waals surface area contributed by atoms with Crippen LogP contribution in [0.25, 0.3) is 10.2 Å². The molecule has 2 aliphatic rings. The fourth-order valence-electron chi connectivity index (χ4n) is 3.50. The molecule has 2 aromatic rings. The van der Waals surface area contributed by atoms with Gasteiger partial charge in [-0.1, -0.05) is 12.8 Å². The molecule has 0 radical (unpaired) electrons. The molecule has 1 aromatic carbocycles. The smallest absolute Gasteiger partial charge is 0.254 e. The summed E-state index contributed by atoms with van der Waals surface area (Å²) in [6, 6.07) is 6.08. The Kier molecular flexibility index (Phi) is 3.39. The molecule has 2 unspecified atom stereocenters. The van der Waals surface area contributed by atoms with Gasteiger partial charge in [-0.15, -0.1) is 11.3 Å². The normalized spacial score (nSPS) is 25.8. The number of thiazole rings is 1. The zero-order valence-corrected chi connectivity index (χ0v) is 12.6. The number of aromatic nitrogens is 1. The van der Waals surface area contributed by atoms with E-state index in [2.05, 4.69) is 4.98 Å². The van der Waals surface area contributed by atoms with Crippen LogP contribution >= 0.6 is 11.3 Å². The van der Waals surface area contributed by atoms with E-state index in [0.717, 1.165) is 28.6 Å². The number of nitrogens with zero attached hydrogens (tertiary/aromatic N) is 2. The Labute approximate surface area is 127 Å². The van der Waals surface area contributed by atoms with Crippen LogP contribution in [0.5, 0.6) is 0 Å². The third kappa shape index (κ3) is 2.34. The maximum absolute atomic E-state index is 12.9. The minimum absolute atomic E-state index is 0.144. The Morgan fingerprint density at radius 1 is 1.33 bits per heavy atom. The highest BCUT2D eigenvalue weighted by Gasteiger charge is 2.36. The lowest BCUT2D eigenvalue weighted by atomic mass is 9.89. The molecule has 2 atom stereocenters. The zero-order valence-electron chi connectivity index (χ0n) is 11.8. The van der Waals surface area contributed by atoms with Gasteiger partial charge >= 0.3 is 0 Å². The Balaban J connectivity index is 1.63. The maximum atomic E-state index is 12.9. The third-order valence-electron chi connectivity index (χ3n) is 4.57. The topological polar surface area (TPSA) is 42.4 Å². The number of fused-ring (bicyclic) bond motifs is 2. The molecular formula is C16H18N2O2S. The quantitative estimate of drug-likeness (QED) is 0.813. The van der Waals surface area contributed by atoms with Crippen molar-refractivity contribution in [2.45, 2.75) is 37.8 Å². The molecule has 4 nitrogen and oxygen atoms in total. The summed E-state index contributed by atoms with van der Waals surface area (Å²) in [6.07, 6.45) is 4.81. The minimum Gasteiger partial charge on any atom is -0.374 e. The van der Waals surface area contributed by atoms with E-state index in [1.165, 1.54) is 12.8 Å². The number of morpholine rings is 1. The summed E-state index contributed by atoms with van der Waals surface area (Å²) in [5, 5.41) is 0. The summed E-state index contributed by atoms with van der Waals surface area (Å²) in [6.45, 7) is 1.37. The number of benzene rings is 1. The van der Waals surface area contributed by atoms with E-state index in [0.29, 0.717) is 13.2 Å². The summed E-state index contributed by atoms with van der Waals surface area (Å²) in [5.41, 5.74) is 3.57. The second-order valence-electron chi connectivity index (χ2n) is 5.79. The van der Waals surface area contributed by atoms with Gasteiger partial charge in [-0.25, -0.2) is 4.98 Å². The van der Waals surface area contributed by atoms with E-state index in [4.69, 9.17) is 4.74 Å². The summed E-state index contributed by atoms with van der Waals surface area (Å²) >= 11 is 1.58. The van der Waals surface area contributed by atoms with Crippen molar-refractivity contribution in [2.24, 2.45) is 0 Å². The first-order valence-electron chi connectivity index (χ1n) is 7.59. The molecule has 2 heterocycles. The van der Waals surface area contributed by atoms with Crippen molar-refractivity contribution in [3.05, 3.63) is 29.3 Å². The predicted molar refractivity (Wildman–Crippen MR) is 82.7 cm³/mol. The summed E-state index contributed by atoms with van der Waals surface area (Å²) in [7, 11) is 0. The van der Waals surface area contributed by atoms with Crippen molar-refractivity contribution in [1.82, 2.24) is 9.88 Å². The van der Waals surface area contributed by atoms with Crippen LogP contribution in [0, 0.1) is 0 Å². The average Bonchev–Trinajstić information content (AvgIpc) is 3.01. The highest BCUT2D eigenvalue weighted by atomic mass is 32.1. The minimum atomic E-state index is 0.144. The van der Waals surface area contributed by atoms with Gasteiger partial charge in [0, 0.05) is 12.1 Å². The number of hydrogen-bond acceptors (Lipinski definition) is 4. The lowest BCUT2D eigenvalue weighted by Gasteiger charge is -2.43. The van der Waals surface area contributed by atoms with Crippen molar-refractivity contribution in [3.8, 4) is 0 Å². The van der Waals surface area contributed by atoms with Crippen LogP contribution in [0.2, 0.25) is 0 Å². The van der Waals surface area contributed by atoms with E-state index < -0.39 is 0 Å². The van der Waals surface area contributed by atoms with E-state index in [1.54, 1.807) is 11.3 Å². The van der Waals surface area contributed by atoms with Gasteiger partial charge in [-0.3, -0.25) is 4.79 Å². The van der Waals surface area contributed by atoms with Crippen molar-refractivity contribution >= 4 is 27.5 Å². The van der Waals surface area contributed by atoms with Crippen molar-refractivity contribution in [3.63, 3.8) is 0 Å². The highest BCUT2D eigenvalue weighted by Crippen LogP contribution is 2.30. The van der Waals surface area contributed by atoms with Crippen LogP contribution in [0.3, 0.4) is 0 Å². The van der Waals surface area contributed by atoms with Gasteiger partial charge < -0.3 is 9.64 Å². The monoisotopic (exact) mass is 302 g/mol. The van der Waals surface area contributed by atoms with Crippen LogP contribution < -0.4 is 0 Å². The maximum Gasteiger partial charge on any atom is 0.254 e. The van der Waals surface area contributed by atoms with Gasteiger partial charge in [-0.05, 0) is 31.0 Å². The molecule has 2 fully saturated rings. The van der Waals surface area contributed by atoms with Crippen molar-refractivity contribution < 1.29 is 9.53 Å². The first kappa shape index (κ1) is 13.2. The van der Waals surface area contributed by atoms with E-state index in [9.17, 15) is 4.79 Å². The number of hydrogen-bond donors (Lipinski definition) is 0. The molecule has 1 aromatic heterocycles. The number of ether oxygens (including phenoxy) is 1. The fourth-order valence-corrected chi connectivity index (χ4v) is 4.22. The van der Waals surface area contributed by atoms with Gasteiger partial charge in [0.2, 0.25) is 0 Å². The molecule has 5 heteroatoms. The van der Waals surface area contributed by atoms with Gasteiger partial charge in [0.05, 0.1) is 34.5 Å². The molecule has 0 bridgehead atoms. The molecule has 0 spiro atoms. The predicted octanol–water partition coefficient (Wildman–Crippen LogP) is 3.08. The zero-order chi connectivity index (χ0) is 14.2. The summed E-state index contributed by atoms with van der Waals surface area (Å²) < 4.78 is 6.93. The summed E-state index contributed by atoms with van der Waals surface area (Å²) in [4.78, 5) is 19.2. The number of amides is 1. The van der Waals surface area contributed by atoms with E-state index >= 15 is 0 Å². The van der Waals surface area contributed by atoms with Gasteiger partial charge in [0.25, 0.3) is 5.91 Å². The first-order valence-corrected chi connectivity index (χ1v) is 8.47. The number of carbonyl (C=O) groups excluding carboxylic acids is 1. The largest absolute Gasteiger partial charge is 0.374 e. The van der Waals surface area contributed by atoms with Gasteiger partial charge in [0.1, 0.15) is 0 Å².